The van der Waals surface area contributed by atoms with E-state index in [4.69, 9.17) is 0 Å². The molecule has 1 aromatic heterocycles. The predicted octanol–water partition coefficient (Wildman–Crippen LogP) is 3.15. The first kappa shape index (κ1) is 17.3. The number of aromatic amines is 1. The third kappa shape index (κ3) is 3.89. The number of H-pyrrole nitrogens is 1. The van der Waals surface area contributed by atoms with E-state index in [2.05, 4.69) is 46.0 Å². The van der Waals surface area contributed by atoms with Crippen LogP contribution in [0.2, 0.25) is 0 Å². The lowest BCUT2D eigenvalue weighted by Crippen LogP contribution is -2.45. The Morgan fingerprint density at radius 1 is 1.00 bits per heavy atom. The summed E-state index contributed by atoms with van der Waals surface area (Å²) in [5, 5.41) is 1.32. The normalized spacial score (nSPS) is 16.6. The fourth-order valence-corrected chi connectivity index (χ4v) is 2.72. The van der Waals surface area contributed by atoms with Crippen LogP contribution in [0.3, 0.4) is 0 Å². The van der Waals surface area contributed by atoms with Crippen molar-refractivity contribution in [3.05, 3.63) is 36.0 Å². The van der Waals surface area contributed by atoms with Crippen LogP contribution in [0.5, 0.6) is 0 Å². The molecule has 1 N–H and O–H groups in total. The molecule has 1 aliphatic rings. The van der Waals surface area contributed by atoms with E-state index in [9.17, 15) is 0 Å². The molecule has 0 radical (unpaired) electrons. The number of benzene rings is 1. The van der Waals surface area contributed by atoms with Crippen molar-refractivity contribution in [1.29, 1.82) is 0 Å². The lowest BCUT2D eigenvalue weighted by molar-refractivity contribution is 0.132. The number of nitrogens with zero attached hydrogens (tertiary/aromatic N) is 2. The molecule has 0 amide bonds. The molecule has 0 aliphatic carbocycles. The fourth-order valence-electron chi connectivity index (χ4n) is 2.72. The SMILES string of the molecule is CCN1CCN(Cc2ccc3[nH]ccc3c2)CC1.Cl.Cl. The second-order valence-corrected chi connectivity index (χ2v) is 5.11. The highest BCUT2D eigenvalue weighted by atomic mass is 35.5. The topological polar surface area (TPSA) is 22.3 Å². The zero-order valence-corrected chi connectivity index (χ0v) is 13.5. The lowest BCUT2D eigenvalue weighted by atomic mass is 10.1. The number of rotatable bonds is 3. The van der Waals surface area contributed by atoms with E-state index in [0.717, 1.165) is 6.54 Å². The van der Waals surface area contributed by atoms with E-state index in [1.54, 1.807) is 0 Å². The number of halogens is 2. The molecule has 1 aliphatic heterocycles. The summed E-state index contributed by atoms with van der Waals surface area (Å²) in [6, 6.07) is 8.88. The van der Waals surface area contributed by atoms with Gasteiger partial charge in [-0.25, -0.2) is 0 Å². The van der Waals surface area contributed by atoms with Gasteiger partial charge in [-0.1, -0.05) is 13.0 Å². The van der Waals surface area contributed by atoms with Gasteiger partial charge in [0.1, 0.15) is 0 Å². The van der Waals surface area contributed by atoms with E-state index in [1.807, 2.05) is 6.20 Å². The highest BCUT2D eigenvalue weighted by Gasteiger charge is 2.15. The van der Waals surface area contributed by atoms with Gasteiger partial charge < -0.3 is 9.88 Å². The standard InChI is InChI=1S/C15H21N3.2ClH/c1-2-17-7-9-18(10-8-17)12-13-3-4-15-14(11-13)5-6-16-15;;/h3-6,11,16H,2,7-10,12H2,1H3;2*1H. The van der Waals surface area contributed by atoms with Gasteiger partial charge in [-0.2, -0.15) is 0 Å². The molecule has 0 bridgehead atoms. The van der Waals surface area contributed by atoms with Crippen molar-refractivity contribution in [1.82, 2.24) is 14.8 Å². The van der Waals surface area contributed by atoms with Crippen LogP contribution in [0.4, 0.5) is 0 Å². The second kappa shape index (κ2) is 7.89. The van der Waals surface area contributed by atoms with Gasteiger partial charge in [0.05, 0.1) is 0 Å². The van der Waals surface area contributed by atoms with E-state index in [0.29, 0.717) is 0 Å². The molecule has 112 valence electrons. The molecule has 1 fully saturated rings. The number of fused-ring (bicyclic) bond motifs is 1. The van der Waals surface area contributed by atoms with Gasteiger partial charge in [0.15, 0.2) is 0 Å². The summed E-state index contributed by atoms with van der Waals surface area (Å²) in [6.45, 7) is 9.32. The van der Waals surface area contributed by atoms with Crippen LogP contribution in [-0.4, -0.2) is 47.5 Å². The van der Waals surface area contributed by atoms with E-state index < -0.39 is 0 Å². The minimum Gasteiger partial charge on any atom is -0.361 e. The molecule has 3 nitrogen and oxygen atoms in total. The smallest absolute Gasteiger partial charge is 0.0454 e. The maximum Gasteiger partial charge on any atom is 0.0454 e. The first-order valence-electron chi connectivity index (χ1n) is 6.86. The third-order valence-corrected chi connectivity index (χ3v) is 3.94. The molecule has 0 saturated carbocycles. The zero-order valence-electron chi connectivity index (χ0n) is 11.8. The Bertz CT molecular complexity index is 519. The Balaban J connectivity index is 0.000001000. The lowest BCUT2D eigenvalue weighted by Gasteiger charge is -2.34. The molecule has 0 atom stereocenters. The molecule has 3 rings (SSSR count). The summed E-state index contributed by atoms with van der Waals surface area (Å²) in [7, 11) is 0. The van der Waals surface area contributed by atoms with Gasteiger partial charge in [0.2, 0.25) is 0 Å². The molecule has 2 aromatic rings. The summed E-state index contributed by atoms with van der Waals surface area (Å²) < 4.78 is 0. The van der Waals surface area contributed by atoms with Gasteiger partial charge in [0, 0.05) is 44.4 Å². The first-order valence-corrected chi connectivity index (χ1v) is 6.86. The highest BCUT2D eigenvalue weighted by molar-refractivity contribution is 5.85. The van der Waals surface area contributed by atoms with Crippen LogP contribution < -0.4 is 0 Å². The zero-order chi connectivity index (χ0) is 12.4. The highest BCUT2D eigenvalue weighted by Crippen LogP contribution is 2.16. The number of nitrogens with one attached hydrogen (secondary N) is 1. The fraction of sp³-hybridized carbons (Fsp3) is 0.467. The Morgan fingerprint density at radius 2 is 1.70 bits per heavy atom. The van der Waals surface area contributed by atoms with Crippen LogP contribution in [0, 0.1) is 0 Å². The monoisotopic (exact) mass is 315 g/mol. The maximum atomic E-state index is 3.24. The molecular formula is C15H23Cl2N3. The second-order valence-electron chi connectivity index (χ2n) is 5.11. The van der Waals surface area contributed by atoms with Crippen molar-refractivity contribution >= 4 is 35.7 Å². The number of hydrogen-bond donors (Lipinski definition) is 1. The van der Waals surface area contributed by atoms with Gasteiger partial charge in [-0.05, 0) is 35.7 Å². The predicted molar refractivity (Wildman–Crippen MR) is 90.2 cm³/mol. The van der Waals surface area contributed by atoms with Crippen LogP contribution in [-0.2, 0) is 6.54 Å². The molecule has 2 heterocycles. The van der Waals surface area contributed by atoms with Crippen molar-refractivity contribution in [2.75, 3.05) is 32.7 Å². The minimum absolute atomic E-state index is 0. The van der Waals surface area contributed by atoms with E-state index in [1.165, 1.54) is 49.2 Å². The third-order valence-electron chi connectivity index (χ3n) is 3.94. The largest absolute Gasteiger partial charge is 0.361 e. The summed E-state index contributed by atoms with van der Waals surface area (Å²) in [6.07, 6.45) is 2.01. The summed E-state index contributed by atoms with van der Waals surface area (Å²) in [5.41, 5.74) is 2.65. The van der Waals surface area contributed by atoms with Gasteiger partial charge >= 0.3 is 0 Å². The molecular weight excluding hydrogens is 293 g/mol. The first-order chi connectivity index (χ1) is 8.85. The van der Waals surface area contributed by atoms with E-state index >= 15 is 0 Å². The van der Waals surface area contributed by atoms with Crippen molar-refractivity contribution in [2.45, 2.75) is 13.5 Å². The van der Waals surface area contributed by atoms with Gasteiger partial charge in [-0.15, -0.1) is 24.8 Å². The minimum atomic E-state index is 0. The Labute approximate surface area is 133 Å². The molecule has 20 heavy (non-hydrogen) atoms. The van der Waals surface area contributed by atoms with Crippen molar-refractivity contribution < 1.29 is 0 Å². The van der Waals surface area contributed by atoms with Crippen molar-refractivity contribution in [2.24, 2.45) is 0 Å². The molecule has 1 saturated heterocycles. The molecule has 0 unspecified atom stereocenters. The van der Waals surface area contributed by atoms with Crippen LogP contribution in [0.25, 0.3) is 10.9 Å². The number of hydrogen-bond acceptors (Lipinski definition) is 2. The number of piperazine rings is 1. The molecule has 5 heteroatoms. The van der Waals surface area contributed by atoms with Gasteiger partial charge in [-0.3, -0.25) is 4.90 Å². The van der Waals surface area contributed by atoms with Crippen LogP contribution in [0.1, 0.15) is 12.5 Å². The average Bonchev–Trinajstić information content (AvgIpc) is 2.87. The summed E-state index contributed by atoms with van der Waals surface area (Å²) in [4.78, 5) is 8.32. The maximum absolute atomic E-state index is 3.24. The van der Waals surface area contributed by atoms with Gasteiger partial charge in [0.25, 0.3) is 0 Å². The summed E-state index contributed by atoms with van der Waals surface area (Å²) in [5.74, 6) is 0. The number of aromatic nitrogens is 1. The molecule has 0 spiro atoms. The Morgan fingerprint density at radius 3 is 2.40 bits per heavy atom. The Hall–Kier alpha value is -0.740. The number of likely N-dealkylation sites (N-methyl/N-ethyl adjacent to an activating group) is 1. The molecule has 1 aromatic carbocycles. The van der Waals surface area contributed by atoms with Crippen molar-refractivity contribution in [3.63, 3.8) is 0 Å². The van der Waals surface area contributed by atoms with E-state index in [-0.39, 0.29) is 24.8 Å². The Kier molecular flexibility index (Phi) is 6.83. The van der Waals surface area contributed by atoms with Crippen molar-refractivity contribution in [3.8, 4) is 0 Å². The average molecular weight is 316 g/mol. The van der Waals surface area contributed by atoms with Crippen LogP contribution >= 0.6 is 24.8 Å². The summed E-state index contributed by atoms with van der Waals surface area (Å²) >= 11 is 0. The van der Waals surface area contributed by atoms with Crippen LogP contribution in [0.15, 0.2) is 30.5 Å². The quantitative estimate of drug-likeness (QED) is 0.940.